The van der Waals surface area contributed by atoms with Gasteiger partial charge >= 0.3 is 0 Å². The van der Waals surface area contributed by atoms with Crippen LogP contribution in [0.3, 0.4) is 0 Å². The molecule has 1 unspecified atom stereocenters. The first kappa shape index (κ1) is 10.9. The summed E-state index contributed by atoms with van der Waals surface area (Å²) in [5.74, 6) is 0.879. The van der Waals surface area contributed by atoms with Crippen molar-refractivity contribution in [3.8, 4) is 0 Å². The second-order valence-electron chi connectivity index (χ2n) is 3.91. The molecule has 2 rings (SSSR count). The molecule has 0 fully saturated rings. The van der Waals surface area contributed by atoms with Gasteiger partial charge in [-0.15, -0.1) is 0 Å². The lowest BCUT2D eigenvalue weighted by Gasteiger charge is -2.14. The molecular weight excluding hydrogens is 202 g/mol. The fourth-order valence-corrected chi connectivity index (χ4v) is 1.70. The molecule has 86 valence electrons. The van der Waals surface area contributed by atoms with E-state index in [4.69, 9.17) is 5.73 Å². The monoisotopic (exact) mass is 219 g/mol. The van der Waals surface area contributed by atoms with E-state index in [0.717, 1.165) is 30.7 Å². The van der Waals surface area contributed by atoms with Crippen molar-refractivity contribution >= 4 is 11.3 Å². The number of hydrogen-bond donors (Lipinski definition) is 2. The van der Waals surface area contributed by atoms with Gasteiger partial charge in [0.2, 0.25) is 0 Å². The number of aromatic nitrogens is 3. The molecule has 5 heteroatoms. The maximum Gasteiger partial charge on any atom is 0.152 e. The predicted octanol–water partition coefficient (Wildman–Crippen LogP) is 1.27. The molecule has 0 spiro atoms. The third-order valence-electron chi connectivity index (χ3n) is 2.55. The Morgan fingerprint density at radius 3 is 3.19 bits per heavy atom. The van der Waals surface area contributed by atoms with Crippen LogP contribution in [-0.4, -0.2) is 27.2 Å². The van der Waals surface area contributed by atoms with Gasteiger partial charge in [0.05, 0.1) is 6.20 Å². The fraction of sp³-hybridized carbons (Fsp3) is 0.455. The minimum Gasteiger partial charge on any atom is -0.366 e. The summed E-state index contributed by atoms with van der Waals surface area (Å²) in [6.07, 6.45) is 7.43. The number of nitrogens with two attached hydrogens (primary N) is 1. The summed E-state index contributed by atoms with van der Waals surface area (Å²) in [7, 11) is 0. The molecule has 0 saturated heterocycles. The van der Waals surface area contributed by atoms with Gasteiger partial charge in [-0.05, 0) is 32.4 Å². The molecule has 0 aliphatic heterocycles. The second kappa shape index (κ2) is 4.94. The van der Waals surface area contributed by atoms with E-state index in [1.165, 1.54) is 0 Å². The largest absolute Gasteiger partial charge is 0.366 e. The molecule has 0 aliphatic carbocycles. The van der Waals surface area contributed by atoms with Crippen molar-refractivity contribution in [2.75, 3.05) is 11.9 Å². The van der Waals surface area contributed by atoms with E-state index >= 15 is 0 Å². The van der Waals surface area contributed by atoms with Gasteiger partial charge in [-0.3, -0.25) is 0 Å². The fourth-order valence-electron chi connectivity index (χ4n) is 1.70. The second-order valence-corrected chi connectivity index (χ2v) is 3.91. The van der Waals surface area contributed by atoms with Gasteiger partial charge in [0.25, 0.3) is 0 Å². The van der Waals surface area contributed by atoms with E-state index in [9.17, 15) is 0 Å². The Labute approximate surface area is 94.7 Å². The molecule has 16 heavy (non-hydrogen) atoms. The van der Waals surface area contributed by atoms with Gasteiger partial charge in [0.1, 0.15) is 5.52 Å². The normalized spacial score (nSPS) is 12.9. The van der Waals surface area contributed by atoms with Crippen LogP contribution in [0.25, 0.3) is 5.52 Å². The van der Waals surface area contributed by atoms with Gasteiger partial charge in [0.15, 0.2) is 5.82 Å². The van der Waals surface area contributed by atoms with Crippen LogP contribution in [-0.2, 0) is 0 Å². The third-order valence-corrected chi connectivity index (χ3v) is 2.55. The van der Waals surface area contributed by atoms with E-state index in [0.29, 0.717) is 6.04 Å². The van der Waals surface area contributed by atoms with Crippen LogP contribution in [0, 0.1) is 0 Å². The van der Waals surface area contributed by atoms with Gasteiger partial charge < -0.3 is 11.1 Å². The molecule has 0 bridgehead atoms. The molecule has 5 nitrogen and oxygen atoms in total. The highest BCUT2D eigenvalue weighted by molar-refractivity contribution is 5.66. The number of nitrogens with one attached hydrogen (secondary N) is 1. The highest BCUT2D eigenvalue weighted by Gasteiger charge is 2.06. The summed E-state index contributed by atoms with van der Waals surface area (Å²) in [6.45, 7) is 2.87. The number of anilines is 1. The SMILES string of the molecule is CC(CCCN)Nc1nccn2nccc12. The maximum atomic E-state index is 5.49. The highest BCUT2D eigenvalue weighted by atomic mass is 15.2. The van der Waals surface area contributed by atoms with Crippen LogP contribution in [0.15, 0.2) is 24.7 Å². The number of hydrogen-bond acceptors (Lipinski definition) is 4. The first-order valence-corrected chi connectivity index (χ1v) is 5.56. The summed E-state index contributed by atoms with van der Waals surface area (Å²) in [5.41, 5.74) is 6.49. The van der Waals surface area contributed by atoms with Crippen LogP contribution in [0.1, 0.15) is 19.8 Å². The predicted molar refractivity (Wildman–Crippen MR) is 64.4 cm³/mol. The van der Waals surface area contributed by atoms with E-state index in [2.05, 4.69) is 22.3 Å². The van der Waals surface area contributed by atoms with E-state index in [-0.39, 0.29) is 0 Å². The molecule has 2 heterocycles. The molecule has 0 aliphatic rings. The van der Waals surface area contributed by atoms with Crippen LogP contribution in [0.4, 0.5) is 5.82 Å². The zero-order valence-electron chi connectivity index (χ0n) is 9.43. The third kappa shape index (κ3) is 2.30. The topological polar surface area (TPSA) is 68.2 Å². The average molecular weight is 219 g/mol. The molecule has 3 N–H and O–H groups in total. The van der Waals surface area contributed by atoms with E-state index in [1.54, 1.807) is 12.4 Å². The van der Waals surface area contributed by atoms with Crippen LogP contribution < -0.4 is 11.1 Å². The Kier molecular flexibility index (Phi) is 3.36. The van der Waals surface area contributed by atoms with Gasteiger partial charge in [-0.1, -0.05) is 0 Å². The average Bonchev–Trinajstić information content (AvgIpc) is 2.75. The van der Waals surface area contributed by atoms with Crippen LogP contribution >= 0.6 is 0 Å². The summed E-state index contributed by atoms with van der Waals surface area (Å²) in [6, 6.07) is 2.32. The molecule has 0 aromatic carbocycles. The van der Waals surface area contributed by atoms with E-state index < -0.39 is 0 Å². The Bertz CT molecular complexity index is 450. The standard InChI is InChI=1S/C11H17N5/c1-9(3-2-5-12)15-11-10-4-6-14-16(10)8-7-13-11/h4,6-9H,2-3,5,12H2,1H3,(H,13,15). The maximum absolute atomic E-state index is 5.49. The first-order chi connectivity index (χ1) is 7.81. The summed E-state index contributed by atoms with van der Waals surface area (Å²) in [5, 5.41) is 7.54. The Hall–Kier alpha value is -1.62. The smallest absolute Gasteiger partial charge is 0.152 e. The highest BCUT2D eigenvalue weighted by Crippen LogP contribution is 2.14. The van der Waals surface area contributed by atoms with Crippen molar-refractivity contribution in [3.63, 3.8) is 0 Å². The van der Waals surface area contributed by atoms with Crippen molar-refractivity contribution in [2.24, 2.45) is 5.73 Å². The first-order valence-electron chi connectivity index (χ1n) is 5.56. The van der Waals surface area contributed by atoms with E-state index in [1.807, 2.05) is 16.8 Å². The lowest BCUT2D eigenvalue weighted by Crippen LogP contribution is -2.18. The summed E-state index contributed by atoms with van der Waals surface area (Å²) < 4.78 is 1.81. The van der Waals surface area contributed by atoms with Crippen molar-refractivity contribution in [3.05, 3.63) is 24.7 Å². The quantitative estimate of drug-likeness (QED) is 0.794. The minimum absolute atomic E-state index is 0.372. The molecule has 1 atom stereocenters. The Balaban J connectivity index is 2.11. The van der Waals surface area contributed by atoms with Crippen molar-refractivity contribution in [1.29, 1.82) is 0 Å². The number of nitrogens with zero attached hydrogens (tertiary/aromatic N) is 3. The molecule has 0 radical (unpaired) electrons. The molecule has 2 aromatic rings. The summed E-state index contributed by atoms with van der Waals surface area (Å²) >= 11 is 0. The Morgan fingerprint density at radius 2 is 2.38 bits per heavy atom. The van der Waals surface area contributed by atoms with Gasteiger partial charge in [-0.2, -0.15) is 5.10 Å². The zero-order valence-corrected chi connectivity index (χ0v) is 9.43. The lowest BCUT2D eigenvalue weighted by atomic mass is 10.2. The summed E-state index contributed by atoms with van der Waals surface area (Å²) in [4.78, 5) is 4.32. The lowest BCUT2D eigenvalue weighted by molar-refractivity contribution is 0.661. The number of rotatable bonds is 5. The molecule has 0 amide bonds. The molecule has 2 aromatic heterocycles. The van der Waals surface area contributed by atoms with Crippen molar-refractivity contribution < 1.29 is 0 Å². The Morgan fingerprint density at radius 1 is 1.50 bits per heavy atom. The molecule has 0 saturated carbocycles. The van der Waals surface area contributed by atoms with Crippen LogP contribution in [0.2, 0.25) is 0 Å². The van der Waals surface area contributed by atoms with Crippen LogP contribution in [0.5, 0.6) is 0 Å². The van der Waals surface area contributed by atoms with Crippen molar-refractivity contribution in [2.45, 2.75) is 25.8 Å². The van der Waals surface area contributed by atoms with Gasteiger partial charge in [0, 0.05) is 18.4 Å². The van der Waals surface area contributed by atoms with Crippen molar-refractivity contribution in [1.82, 2.24) is 14.6 Å². The minimum atomic E-state index is 0.372. The number of fused-ring (bicyclic) bond motifs is 1. The molecular formula is C11H17N5. The zero-order chi connectivity index (χ0) is 11.4. The van der Waals surface area contributed by atoms with Gasteiger partial charge in [-0.25, -0.2) is 9.50 Å².